The number of hydrogen-bond donors (Lipinski definition) is 2. The van der Waals surface area contributed by atoms with E-state index in [-0.39, 0.29) is 11.7 Å². The van der Waals surface area contributed by atoms with E-state index in [4.69, 9.17) is 5.11 Å². The van der Waals surface area contributed by atoms with Gasteiger partial charge >= 0.3 is 0 Å². The van der Waals surface area contributed by atoms with Crippen LogP contribution in [0, 0.1) is 5.92 Å². The van der Waals surface area contributed by atoms with Crippen molar-refractivity contribution in [1.29, 1.82) is 0 Å². The van der Waals surface area contributed by atoms with Crippen LogP contribution in [0.3, 0.4) is 0 Å². The fraction of sp³-hybridized carbons (Fsp3) is 0.500. The molecule has 3 heteroatoms. The Kier molecular flexibility index (Phi) is 5.53. The first-order chi connectivity index (χ1) is 8.13. The summed E-state index contributed by atoms with van der Waals surface area (Å²) in [5.41, 5.74) is 0.589. The Hall–Kier alpha value is -1.51. The van der Waals surface area contributed by atoms with Gasteiger partial charge in [-0.2, -0.15) is 0 Å². The van der Waals surface area contributed by atoms with Gasteiger partial charge in [0.15, 0.2) is 0 Å². The van der Waals surface area contributed by atoms with Crippen molar-refractivity contribution in [3.63, 3.8) is 0 Å². The van der Waals surface area contributed by atoms with Gasteiger partial charge in [0.2, 0.25) is 0 Å². The second-order valence-corrected chi connectivity index (χ2v) is 4.49. The minimum atomic E-state index is -0.0753. The highest BCUT2D eigenvalue weighted by Gasteiger charge is 2.06. The van der Waals surface area contributed by atoms with Gasteiger partial charge in [-0.3, -0.25) is 4.79 Å². The molecule has 1 unspecified atom stereocenters. The van der Waals surface area contributed by atoms with Crippen molar-refractivity contribution >= 4 is 5.91 Å². The van der Waals surface area contributed by atoms with Crippen LogP contribution in [-0.4, -0.2) is 17.6 Å². The predicted octanol–water partition coefficient (Wildman–Crippen LogP) is 2.95. The van der Waals surface area contributed by atoms with Crippen molar-refractivity contribution in [3.8, 4) is 5.75 Å². The molecule has 1 atom stereocenters. The number of amides is 1. The summed E-state index contributed by atoms with van der Waals surface area (Å²) in [7, 11) is 0. The lowest BCUT2D eigenvalue weighted by molar-refractivity contribution is 0.0951. The zero-order valence-electron chi connectivity index (χ0n) is 10.6. The van der Waals surface area contributed by atoms with E-state index in [2.05, 4.69) is 19.2 Å². The van der Waals surface area contributed by atoms with E-state index in [9.17, 15) is 4.79 Å². The Labute approximate surface area is 103 Å². The quantitative estimate of drug-likeness (QED) is 0.796. The van der Waals surface area contributed by atoms with Crippen LogP contribution in [-0.2, 0) is 0 Å². The first kappa shape index (κ1) is 13.6. The Morgan fingerprint density at radius 3 is 2.53 bits per heavy atom. The highest BCUT2D eigenvalue weighted by Crippen LogP contribution is 2.10. The number of nitrogens with one attached hydrogen (secondary N) is 1. The molecule has 3 nitrogen and oxygen atoms in total. The largest absolute Gasteiger partial charge is 0.508 e. The summed E-state index contributed by atoms with van der Waals surface area (Å²) < 4.78 is 0. The van der Waals surface area contributed by atoms with Crippen LogP contribution in [0.25, 0.3) is 0 Å². The van der Waals surface area contributed by atoms with Crippen LogP contribution >= 0.6 is 0 Å². The standard InChI is InChI=1S/C14H21NO2/c1-3-4-11(2)9-10-15-14(17)12-5-7-13(16)8-6-12/h5-8,11,16H,3-4,9-10H2,1-2H3,(H,15,17). The zero-order chi connectivity index (χ0) is 12.7. The van der Waals surface area contributed by atoms with E-state index >= 15 is 0 Å². The molecule has 0 saturated heterocycles. The maximum Gasteiger partial charge on any atom is 0.251 e. The van der Waals surface area contributed by atoms with Gasteiger partial charge < -0.3 is 10.4 Å². The van der Waals surface area contributed by atoms with Crippen LogP contribution in [0.2, 0.25) is 0 Å². The Morgan fingerprint density at radius 1 is 1.29 bits per heavy atom. The molecule has 2 N–H and O–H groups in total. The van der Waals surface area contributed by atoms with E-state index in [0.717, 1.165) is 6.42 Å². The monoisotopic (exact) mass is 235 g/mol. The molecule has 94 valence electrons. The smallest absolute Gasteiger partial charge is 0.251 e. The van der Waals surface area contributed by atoms with Crippen LogP contribution in [0.5, 0.6) is 5.75 Å². The first-order valence-corrected chi connectivity index (χ1v) is 6.20. The Morgan fingerprint density at radius 2 is 1.94 bits per heavy atom. The van der Waals surface area contributed by atoms with E-state index in [1.54, 1.807) is 12.1 Å². The fourth-order valence-corrected chi connectivity index (χ4v) is 1.78. The molecule has 0 aliphatic carbocycles. The average molecular weight is 235 g/mol. The van der Waals surface area contributed by atoms with Gasteiger partial charge in [0.05, 0.1) is 0 Å². The topological polar surface area (TPSA) is 49.3 Å². The minimum absolute atomic E-state index is 0.0753. The summed E-state index contributed by atoms with van der Waals surface area (Å²) in [5, 5.41) is 12.0. The summed E-state index contributed by atoms with van der Waals surface area (Å²) in [6.45, 7) is 5.09. The fourth-order valence-electron chi connectivity index (χ4n) is 1.78. The maximum absolute atomic E-state index is 11.7. The molecular formula is C14H21NO2. The zero-order valence-corrected chi connectivity index (χ0v) is 10.6. The molecule has 0 saturated carbocycles. The third-order valence-corrected chi connectivity index (χ3v) is 2.83. The number of phenols is 1. The molecule has 0 fully saturated rings. The number of carbonyl (C=O) groups is 1. The SMILES string of the molecule is CCCC(C)CCNC(=O)c1ccc(O)cc1. The van der Waals surface area contributed by atoms with Crippen molar-refractivity contribution in [2.24, 2.45) is 5.92 Å². The van der Waals surface area contributed by atoms with Crippen molar-refractivity contribution in [3.05, 3.63) is 29.8 Å². The normalized spacial score (nSPS) is 12.1. The number of phenolic OH excluding ortho intramolecular Hbond substituents is 1. The summed E-state index contributed by atoms with van der Waals surface area (Å²) in [6, 6.07) is 6.30. The van der Waals surface area contributed by atoms with Gasteiger partial charge in [0, 0.05) is 12.1 Å². The molecule has 0 radical (unpaired) electrons. The molecule has 0 bridgehead atoms. The lowest BCUT2D eigenvalue weighted by Crippen LogP contribution is -2.25. The van der Waals surface area contributed by atoms with Gasteiger partial charge in [-0.15, -0.1) is 0 Å². The second-order valence-electron chi connectivity index (χ2n) is 4.49. The van der Waals surface area contributed by atoms with Gasteiger partial charge in [-0.25, -0.2) is 0 Å². The molecule has 17 heavy (non-hydrogen) atoms. The lowest BCUT2D eigenvalue weighted by atomic mass is 10.0. The van der Waals surface area contributed by atoms with E-state index < -0.39 is 0 Å². The number of aromatic hydroxyl groups is 1. The molecule has 1 rings (SSSR count). The lowest BCUT2D eigenvalue weighted by Gasteiger charge is -2.10. The van der Waals surface area contributed by atoms with Crippen LogP contribution in [0.15, 0.2) is 24.3 Å². The van der Waals surface area contributed by atoms with E-state index in [0.29, 0.717) is 18.0 Å². The van der Waals surface area contributed by atoms with Gasteiger partial charge in [-0.1, -0.05) is 26.7 Å². The van der Waals surface area contributed by atoms with Crippen molar-refractivity contribution < 1.29 is 9.90 Å². The average Bonchev–Trinajstić information content (AvgIpc) is 2.30. The summed E-state index contributed by atoms with van der Waals surface area (Å²) in [4.78, 5) is 11.7. The third kappa shape index (κ3) is 4.89. The van der Waals surface area contributed by atoms with Gasteiger partial charge in [-0.05, 0) is 36.6 Å². The van der Waals surface area contributed by atoms with E-state index in [1.807, 2.05) is 0 Å². The van der Waals surface area contributed by atoms with E-state index in [1.165, 1.54) is 25.0 Å². The highest BCUT2D eigenvalue weighted by atomic mass is 16.3. The molecule has 0 aromatic heterocycles. The number of benzene rings is 1. The molecule has 0 aliphatic heterocycles. The first-order valence-electron chi connectivity index (χ1n) is 6.20. The molecule has 0 spiro atoms. The highest BCUT2D eigenvalue weighted by molar-refractivity contribution is 5.94. The number of hydrogen-bond acceptors (Lipinski definition) is 2. The molecule has 1 amide bonds. The summed E-state index contributed by atoms with van der Waals surface area (Å²) >= 11 is 0. The summed E-state index contributed by atoms with van der Waals surface area (Å²) in [6.07, 6.45) is 3.40. The molecule has 1 aromatic carbocycles. The molecule has 1 aromatic rings. The van der Waals surface area contributed by atoms with Crippen molar-refractivity contribution in [1.82, 2.24) is 5.32 Å². The van der Waals surface area contributed by atoms with Crippen LogP contribution in [0.1, 0.15) is 43.5 Å². The third-order valence-electron chi connectivity index (χ3n) is 2.83. The second kappa shape index (κ2) is 6.94. The maximum atomic E-state index is 11.7. The van der Waals surface area contributed by atoms with Crippen LogP contribution < -0.4 is 5.32 Å². The van der Waals surface area contributed by atoms with Crippen molar-refractivity contribution in [2.75, 3.05) is 6.54 Å². The number of carbonyl (C=O) groups excluding carboxylic acids is 1. The summed E-state index contributed by atoms with van der Waals surface area (Å²) in [5.74, 6) is 0.756. The molecular weight excluding hydrogens is 214 g/mol. The molecule has 0 aliphatic rings. The minimum Gasteiger partial charge on any atom is -0.508 e. The molecule has 0 heterocycles. The van der Waals surface area contributed by atoms with Gasteiger partial charge in [0.25, 0.3) is 5.91 Å². The van der Waals surface area contributed by atoms with Crippen LogP contribution in [0.4, 0.5) is 0 Å². The predicted molar refractivity (Wildman–Crippen MR) is 69.1 cm³/mol. The van der Waals surface area contributed by atoms with Gasteiger partial charge in [0.1, 0.15) is 5.75 Å². The Bertz CT molecular complexity index is 346. The Balaban J connectivity index is 2.32. The number of rotatable bonds is 6. The van der Waals surface area contributed by atoms with Crippen molar-refractivity contribution in [2.45, 2.75) is 33.1 Å².